The van der Waals surface area contributed by atoms with Gasteiger partial charge in [-0.25, -0.2) is 0 Å². The standard InChI is InChI=1S/C26H27NO2/c1-5-10-19(16-27)15-23-24(26(23,3)4)25(28)29-17-21-13-9-14-22(18(21)2)20-11-7-6-8-12-20/h5-15,23-24H,17H2,1-4H3/b10-5+,19-15-/t23-,24+/m1/s1. The molecule has 0 bridgehead atoms. The number of nitrogens with zero attached hydrogens (tertiary/aromatic N) is 1. The van der Waals surface area contributed by atoms with Crippen LogP contribution in [0.3, 0.4) is 0 Å². The normalized spacial score (nSPS) is 20.3. The van der Waals surface area contributed by atoms with Gasteiger partial charge >= 0.3 is 5.97 Å². The number of ether oxygens (including phenoxy) is 1. The summed E-state index contributed by atoms with van der Waals surface area (Å²) in [5.74, 6) is -0.384. The molecular formula is C26H27NO2. The van der Waals surface area contributed by atoms with Crippen LogP contribution in [0.5, 0.6) is 0 Å². The third-order valence-electron chi connectivity index (χ3n) is 5.90. The Balaban J connectivity index is 1.71. The number of hydrogen-bond donors (Lipinski definition) is 0. The average Bonchev–Trinajstić information content (AvgIpc) is 3.27. The van der Waals surface area contributed by atoms with Crippen LogP contribution in [-0.2, 0) is 16.1 Å². The Kier molecular flexibility index (Phi) is 6.03. The van der Waals surface area contributed by atoms with Gasteiger partial charge in [0, 0.05) is 5.57 Å². The Bertz CT molecular complexity index is 993. The number of rotatable bonds is 6. The minimum absolute atomic E-state index is 0.0256. The maximum absolute atomic E-state index is 12.7. The summed E-state index contributed by atoms with van der Waals surface area (Å²) in [6.07, 6.45) is 5.50. The highest BCUT2D eigenvalue weighted by molar-refractivity contribution is 5.78. The molecule has 3 nitrogen and oxygen atoms in total. The van der Waals surface area contributed by atoms with Crippen molar-refractivity contribution in [3.8, 4) is 17.2 Å². The van der Waals surface area contributed by atoms with Crippen LogP contribution in [0.25, 0.3) is 11.1 Å². The van der Waals surface area contributed by atoms with E-state index in [0.29, 0.717) is 5.57 Å². The quantitative estimate of drug-likeness (QED) is 0.348. The lowest BCUT2D eigenvalue weighted by molar-refractivity contribution is -0.147. The number of carbonyl (C=O) groups is 1. The molecule has 0 N–H and O–H groups in total. The van der Waals surface area contributed by atoms with Gasteiger partial charge in [-0.2, -0.15) is 5.26 Å². The predicted molar refractivity (Wildman–Crippen MR) is 116 cm³/mol. The first-order valence-corrected chi connectivity index (χ1v) is 9.95. The predicted octanol–water partition coefficient (Wildman–Crippen LogP) is 6.00. The highest BCUT2D eigenvalue weighted by Crippen LogP contribution is 2.60. The fraction of sp³-hybridized carbons (Fsp3) is 0.308. The Morgan fingerprint density at radius 1 is 1.17 bits per heavy atom. The van der Waals surface area contributed by atoms with Crippen molar-refractivity contribution in [3.63, 3.8) is 0 Å². The highest BCUT2D eigenvalue weighted by atomic mass is 16.5. The Hall–Kier alpha value is -3.12. The summed E-state index contributed by atoms with van der Waals surface area (Å²) < 4.78 is 5.70. The molecule has 2 atom stereocenters. The second kappa shape index (κ2) is 8.49. The average molecular weight is 386 g/mol. The number of esters is 1. The molecule has 0 saturated heterocycles. The maximum Gasteiger partial charge on any atom is 0.310 e. The van der Waals surface area contributed by atoms with Crippen molar-refractivity contribution in [2.24, 2.45) is 17.3 Å². The number of allylic oxidation sites excluding steroid dienone is 4. The van der Waals surface area contributed by atoms with E-state index >= 15 is 0 Å². The SMILES string of the molecule is C/C=C/C(C#N)=C/[C@@H]1[C@@H](C(=O)OCc2cccc(-c3ccccc3)c2C)C1(C)C. The molecule has 2 aromatic rings. The van der Waals surface area contributed by atoms with Crippen molar-refractivity contribution < 1.29 is 9.53 Å². The molecule has 0 heterocycles. The van der Waals surface area contributed by atoms with Crippen molar-refractivity contribution in [1.29, 1.82) is 5.26 Å². The van der Waals surface area contributed by atoms with E-state index in [1.54, 1.807) is 6.08 Å². The fourth-order valence-electron chi connectivity index (χ4n) is 3.95. The van der Waals surface area contributed by atoms with Crippen LogP contribution in [-0.4, -0.2) is 5.97 Å². The van der Waals surface area contributed by atoms with Crippen LogP contribution in [0.15, 0.2) is 72.3 Å². The molecule has 3 rings (SSSR count). The summed E-state index contributed by atoms with van der Waals surface area (Å²) in [6, 6.07) is 18.5. The molecule has 0 amide bonds. The van der Waals surface area contributed by atoms with Crippen molar-refractivity contribution in [3.05, 3.63) is 83.5 Å². The minimum Gasteiger partial charge on any atom is -0.461 e. The van der Waals surface area contributed by atoms with Gasteiger partial charge in [0.1, 0.15) is 6.61 Å². The highest BCUT2D eigenvalue weighted by Gasteiger charge is 2.61. The number of carbonyl (C=O) groups excluding carboxylic acids is 1. The Morgan fingerprint density at radius 2 is 1.90 bits per heavy atom. The molecule has 0 spiro atoms. The van der Waals surface area contributed by atoms with Crippen LogP contribution in [0.1, 0.15) is 31.9 Å². The molecule has 1 saturated carbocycles. The van der Waals surface area contributed by atoms with Crippen molar-refractivity contribution in [1.82, 2.24) is 0 Å². The molecule has 29 heavy (non-hydrogen) atoms. The van der Waals surface area contributed by atoms with Gasteiger partial charge in [0.05, 0.1) is 12.0 Å². The lowest BCUT2D eigenvalue weighted by atomic mass is 9.97. The van der Waals surface area contributed by atoms with Gasteiger partial charge in [-0.15, -0.1) is 0 Å². The first kappa shape index (κ1) is 20.6. The van der Waals surface area contributed by atoms with Gasteiger partial charge in [0.2, 0.25) is 0 Å². The third-order valence-corrected chi connectivity index (χ3v) is 5.90. The van der Waals surface area contributed by atoms with Crippen LogP contribution >= 0.6 is 0 Å². The van der Waals surface area contributed by atoms with Gasteiger partial charge in [-0.05, 0) is 53.5 Å². The van der Waals surface area contributed by atoms with Crippen LogP contribution in [0.2, 0.25) is 0 Å². The van der Waals surface area contributed by atoms with Gasteiger partial charge in [0.25, 0.3) is 0 Å². The van der Waals surface area contributed by atoms with Crippen LogP contribution in [0, 0.1) is 35.5 Å². The number of benzene rings is 2. The molecule has 1 fully saturated rings. The van der Waals surface area contributed by atoms with Gasteiger partial charge < -0.3 is 4.74 Å². The van der Waals surface area contributed by atoms with Gasteiger partial charge in [-0.1, -0.05) is 74.5 Å². The molecule has 3 heteroatoms. The molecular weight excluding hydrogens is 358 g/mol. The van der Waals surface area contributed by atoms with Crippen LogP contribution in [0.4, 0.5) is 0 Å². The molecule has 1 aliphatic rings. The fourth-order valence-corrected chi connectivity index (χ4v) is 3.95. The molecule has 0 unspecified atom stereocenters. The molecule has 0 radical (unpaired) electrons. The van der Waals surface area contributed by atoms with Crippen molar-refractivity contribution in [2.45, 2.75) is 34.3 Å². The smallest absolute Gasteiger partial charge is 0.310 e. The summed E-state index contributed by atoms with van der Waals surface area (Å²) in [4.78, 5) is 12.7. The monoisotopic (exact) mass is 385 g/mol. The van der Waals surface area contributed by atoms with E-state index < -0.39 is 0 Å². The number of hydrogen-bond acceptors (Lipinski definition) is 3. The lowest BCUT2D eigenvalue weighted by Gasteiger charge is -2.12. The third kappa shape index (κ3) is 4.32. The van der Waals surface area contributed by atoms with Gasteiger partial charge in [0.15, 0.2) is 0 Å². The first-order chi connectivity index (χ1) is 13.9. The van der Waals surface area contributed by atoms with Crippen molar-refractivity contribution >= 4 is 5.97 Å². The molecule has 0 aliphatic heterocycles. The van der Waals surface area contributed by atoms with Crippen molar-refractivity contribution in [2.75, 3.05) is 0 Å². The van der Waals surface area contributed by atoms with Gasteiger partial charge in [-0.3, -0.25) is 4.79 Å². The molecule has 2 aromatic carbocycles. The summed E-state index contributed by atoms with van der Waals surface area (Å²) in [7, 11) is 0. The summed E-state index contributed by atoms with van der Waals surface area (Å²) in [5.41, 5.74) is 4.83. The largest absolute Gasteiger partial charge is 0.461 e. The van der Waals surface area contributed by atoms with E-state index in [-0.39, 0.29) is 29.8 Å². The van der Waals surface area contributed by atoms with E-state index in [1.807, 2.05) is 63.3 Å². The summed E-state index contributed by atoms with van der Waals surface area (Å²) in [6.45, 7) is 8.29. The van der Waals surface area contributed by atoms with E-state index in [1.165, 1.54) is 0 Å². The molecule has 1 aliphatic carbocycles. The van der Waals surface area contributed by atoms with E-state index in [0.717, 1.165) is 22.3 Å². The zero-order valence-electron chi connectivity index (χ0n) is 17.5. The Labute approximate surface area is 173 Å². The van der Waals surface area contributed by atoms with Crippen LogP contribution < -0.4 is 0 Å². The van der Waals surface area contributed by atoms with E-state index in [2.05, 4.69) is 31.2 Å². The second-order valence-electron chi connectivity index (χ2n) is 8.12. The summed E-state index contributed by atoms with van der Waals surface area (Å²) >= 11 is 0. The number of nitriles is 1. The zero-order chi connectivity index (χ0) is 21.0. The minimum atomic E-state index is -0.214. The second-order valence-corrected chi connectivity index (χ2v) is 8.12. The van der Waals surface area contributed by atoms with E-state index in [4.69, 9.17) is 4.74 Å². The first-order valence-electron chi connectivity index (χ1n) is 9.95. The molecule has 148 valence electrons. The summed E-state index contributed by atoms with van der Waals surface area (Å²) in [5, 5.41) is 9.25. The topological polar surface area (TPSA) is 50.1 Å². The maximum atomic E-state index is 12.7. The molecule has 0 aromatic heterocycles. The zero-order valence-corrected chi connectivity index (χ0v) is 17.5. The lowest BCUT2D eigenvalue weighted by Crippen LogP contribution is -2.11. The Morgan fingerprint density at radius 3 is 2.55 bits per heavy atom. The van der Waals surface area contributed by atoms with E-state index in [9.17, 15) is 10.1 Å².